The van der Waals surface area contributed by atoms with Crippen molar-refractivity contribution in [3.8, 4) is 0 Å². The molecule has 0 bridgehead atoms. The van der Waals surface area contributed by atoms with E-state index in [-0.39, 0.29) is 23.3 Å². The van der Waals surface area contributed by atoms with E-state index in [2.05, 4.69) is 34.1 Å². The molecule has 8 nitrogen and oxygen atoms in total. The van der Waals surface area contributed by atoms with Crippen LogP contribution in [0.25, 0.3) is 0 Å². The van der Waals surface area contributed by atoms with Gasteiger partial charge in [-0.1, -0.05) is 35.9 Å². The fraction of sp³-hybridized carbons (Fsp3) is 0.407. The molecule has 2 atom stereocenters. The molecule has 1 saturated carbocycles. The number of nitrogens with zero attached hydrogens (tertiary/aromatic N) is 1. The van der Waals surface area contributed by atoms with Crippen LogP contribution < -0.4 is 16.0 Å². The summed E-state index contributed by atoms with van der Waals surface area (Å²) in [4.78, 5) is 25.8. The number of nitrogens with one attached hydrogen (secondary N) is 3. The summed E-state index contributed by atoms with van der Waals surface area (Å²) in [5, 5.41) is 9.14. The van der Waals surface area contributed by atoms with Gasteiger partial charge < -0.3 is 16.0 Å². The molecule has 0 aromatic heterocycles. The van der Waals surface area contributed by atoms with E-state index in [1.807, 2.05) is 6.92 Å². The van der Waals surface area contributed by atoms with Crippen LogP contribution >= 0.6 is 0 Å². The molecule has 2 amide bonds. The van der Waals surface area contributed by atoms with E-state index < -0.39 is 22.0 Å². The molecule has 3 N–H and O–H groups in total. The van der Waals surface area contributed by atoms with Crippen molar-refractivity contribution in [1.29, 1.82) is 0 Å². The average molecular weight is 509 g/mol. The second kappa shape index (κ2) is 10.1. The van der Waals surface area contributed by atoms with Gasteiger partial charge in [-0.2, -0.15) is 0 Å². The van der Waals surface area contributed by atoms with Crippen LogP contribution in [0.1, 0.15) is 60.4 Å². The molecule has 0 spiro atoms. The zero-order valence-corrected chi connectivity index (χ0v) is 21.2. The van der Waals surface area contributed by atoms with Gasteiger partial charge in [0, 0.05) is 25.0 Å². The van der Waals surface area contributed by atoms with Crippen LogP contribution in [-0.4, -0.2) is 36.6 Å². The first-order valence-electron chi connectivity index (χ1n) is 12.5. The third kappa shape index (κ3) is 5.32. The Bertz CT molecular complexity index is 1290. The maximum absolute atomic E-state index is 13.3. The third-order valence-electron chi connectivity index (χ3n) is 7.06. The molecule has 2 aromatic rings. The van der Waals surface area contributed by atoms with Gasteiger partial charge in [0.15, 0.2) is 0 Å². The molecule has 190 valence electrons. The Morgan fingerprint density at radius 3 is 2.64 bits per heavy atom. The predicted molar refractivity (Wildman–Crippen MR) is 136 cm³/mol. The van der Waals surface area contributed by atoms with Crippen molar-refractivity contribution in [3.05, 3.63) is 77.1 Å². The lowest BCUT2D eigenvalue weighted by molar-refractivity contribution is -0.129. The Hall–Kier alpha value is -3.17. The van der Waals surface area contributed by atoms with Gasteiger partial charge in [-0.15, -0.1) is 0 Å². The SMILES string of the molecule is Cc1ccc(S(=O)(=O)N2C=CNC(=O)C2CC(=O)NC2CCCc3cc(CNC4CC4)ccc32)cc1. The molecule has 1 heterocycles. The summed E-state index contributed by atoms with van der Waals surface area (Å²) in [6.45, 7) is 2.72. The Morgan fingerprint density at radius 2 is 1.89 bits per heavy atom. The normalized spacial score (nSPS) is 21.6. The molecule has 2 aliphatic carbocycles. The number of aryl methyl sites for hydroxylation is 2. The number of sulfonamides is 1. The summed E-state index contributed by atoms with van der Waals surface area (Å²) in [6.07, 6.45) is 7.55. The molecule has 0 radical (unpaired) electrons. The Morgan fingerprint density at radius 1 is 1.11 bits per heavy atom. The highest BCUT2D eigenvalue weighted by atomic mass is 32.2. The van der Waals surface area contributed by atoms with Crippen molar-refractivity contribution in [2.45, 2.75) is 75.0 Å². The summed E-state index contributed by atoms with van der Waals surface area (Å²) in [5.74, 6) is -0.882. The maximum atomic E-state index is 13.3. The van der Waals surface area contributed by atoms with Gasteiger partial charge in [-0.25, -0.2) is 8.42 Å². The van der Waals surface area contributed by atoms with E-state index in [1.165, 1.54) is 48.5 Å². The number of amides is 2. The fourth-order valence-electron chi connectivity index (χ4n) is 4.88. The summed E-state index contributed by atoms with van der Waals surface area (Å²) in [5.41, 5.74) is 4.51. The second-order valence-electron chi connectivity index (χ2n) is 9.89. The minimum atomic E-state index is -4.00. The van der Waals surface area contributed by atoms with E-state index in [0.717, 1.165) is 41.2 Å². The van der Waals surface area contributed by atoms with E-state index in [0.29, 0.717) is 6.04 Å². The molecule has 2 aromatic carbocycles. The Labute approximate surface area is 212 Å². The first kappa shape index (κ1) is 24.5. The molecule has 1 aliphatic heterocycles. The van der Waals surface area contributed by atoms with Gasteiger partial charge in [0.2, 0.25) is 11.8 Å². The summed E-state index contributed by atoms with van der Waals surface area (Å²) >= 11 is 0. The molecule has 5 rings (SSSR count). The molecule has 3 aliphatic rings. The minimum Gasteiger partial charge on any atom is -0.349 e. The van der Waals surface area contributed by atoms with Gasteiger partial charge in [0.25, 0.3) is 10.0 Å². The van der Waals surface area contributed by atoms with Crippen LogP contribution in [0.3, 0.4) is 0 Å². The van der Waals surface area contributed by atoms with Crippen molar-refractivity contribution in [3.63, 3.8) is 0 Å². The van der Waals surface area contributed by atoms with Gasteiger partial charge in [-0.3, -0.25) is 13.9 Å². The zero-order chi connectivity index (χ0) is 25.3. The highest BCUT2D eigenvalue weighted by Gasteiger charge is 2.37. The van der Waals surface area contributed by atoms with E-state index in [1.54, 1.807) is 12.1 Å². The number of carbonyl (C=O) groups is 2. The number of fused-ring (bicyclic) bond motifs is 1. The standard InChI is InChI=1S/C27H32N4O4S/c1-18-5-10-22(11-6-18)36(34,35)31-14-13-28-27(33)25(31)16-26(32)30-24-4-2-3-20-15-19(7-12-23(20)24)17-29-21-8-9-21/h5-7,10-15,21,24-25,29H,2-4,8-9,16-17H2,1H3,(H,28,33)(H,30,32). The molecule has 0 saturated heterocycles. The van der Waals surface area contributed by atoms with E-state index in [4.69, 9.17) is 0 Å². The number of hydrogen-bond donors (Lipinski definition) is 3. The fourth-order valence-corrected chi connectivity index (χ4v) is 6.33. The monoisotopic (exact) mass is 508 g/mol. The molecule has 1 fully saturated rings. The highest BCUT2D eigenvalue weighted by Crippen LogP contribution is 2.31. The lowest BCUT2D eigenvalue weighted by Crippen LogP contribution is -2.51. The summed E-state index contributed by atoms with van der Waals surface area (Å²) < 4.78 is 27.5. The number of hydrogen-bond acceptors (Lipinski definition) is 5. The lowest BCUT2D eigenvalue weighted by Gasteiger charge is -2.32. The summed E-state index contributed by atoms with van der Waals surface area (Å²) in [7, 11) is -4.00. The molecule has 2 unspecified atom stereocenters. The highest BCUT2D eigenvalue weighted by molar-refractivity contribution is 7.89. The van der Waals surface area contributed by atoms with Crippen LogP contribution in [0.2, 0.25) is 0 Å². The van der Waals surface area contributed by atoms with Crippen LogP contribution in [0.5, 0.6) is 0 Å². The quantitative estimate of drug-likeness (QED) is 0.508. The first-order valence-corrected chi connectivity index (χ1v) is 14.0. The minimum absolute atomic E-state index is 0.0750. The number of rotatable bonds is 8. The van der Waals surface area contributed by atoms with Gasteiger partial charge in [0.1, 0.15) is 6.04 Å². The molecular weight excluding hydrogens is 476 g/mol. The summed E-state index contributed by atoms with van der Waals surface area (Å²) in [6, 6.07) is 12.2. The zero-order valence-electron chi connectivity index (χ0n) is 20.4. The van der Waals surface area contributed by atoms with Crippen molar-refractivity contribution in [2.24, 2.45) is 0 Å². The van der Waals surface area contributed by atoms with Gasteiger partial charge in [0.05, 0.1) is 17.4 Å². The van der Waals surface area contributed by atoms with Crippen molar-refractivity contribution in [1.82, 2.24) is 20.3 Å². The van der Waals surface area contributed by atoms with E-state index in [9.17, 15) is 18.0 Å². The molecule has 36 heavy (non-hydrogen) atoms. The van der Waals surface area contributed by atoms with Crippen LogP contribution in [0.15, 0.2) is 59.8 Å². The Kier molecular flexibility index (Phi) is 6.85. The predicted octanol–water partition coefficient (Wildman–Crippen LogP) is 2.79. The van der Waals surface area contributed by atoms with Crippen LogP contribution in [0, 0.1) is 6.92 Å². The van der Waals surface area contributed by atoms with E-state index >= 15 is 0 Å². The maximum Gasteiger partial charge on any atom is 0.264 e. The second-order valence-corrected chi connectivity index (χ2v) is 11.7. The largest absolute Gasteiger partial charge is 0.349 e. The lowest BCUT2D eigenvalue weighted by atomic mass is 9.86. The number of carbonyl (C=O) groups excluding carboxylic acids is 2. The van der Waals surface area contributed by atoms with Crippen molar-refractivity contribution in [2.75, 3.05) is 0 Å². The smallest absolute Gasteiger partial charge is 0.264 e. The van der Waals surface area contributed by atoms with Gasteiger partial charge >= 0.3 is 0 Å². The van der Waals surface area contributed by atoms with Crippen molar-refractivity contribution >= 4 is 21.8 Å². The van der Waals surface area contributed by atoms with Crippen LogP contribution in [0.4, 0.5) is 0 Å². The molecular formula is C27H32N4O4S. The van der Waals surface area contributed by atoms with Gasteiger partial charge in [-0.05, 0) is 67.9 Å². The van der Waals surface area contributed by atoms with Crippen molar-refractivity contribution < 1.29 is 18.0 Å². The molecule has 9 heteroatoms. The first-order chi connectivity index (χ1) is 17.3. The number of benzene rings is 2. The Balaban J connectivity index is 1.29. The van der Waals surface area contributed by atoms with Crippen LogP contribution in [-0.2, 0) is 32.6 Å². The average Bonchev–Trinajstić information content (AvgIpc) is 3.69. The topological polar surface area (TPSA) is 108 Å². The third-order valence-corrected chi connectivity index (χ3v) is 8.86.